The minimum atomic E-state index is -0.657. The first-order valence-electron chi connectivity index (χ1n) is 9.89. The van der Waals surface area contributed by atoms with Crippen molar-refractivity contribution in [3.05, 3.63) is 112 Å². The Balaban J connectivity index is 1.61. The van der Waals surface area contributed by atoms with E-state index in [1.54, 1.807) is 31.2 Å². The molecule has 1 unspecified atom stereocenters. The van der Waals surface area contributed by atoms with Gasteiger partial charge in [-0.15, -0.1) is 0 Å². The number of benzene rings is 3. The molecule has 3 aromatic carbocycles. The molecule has 0 aliphatic rings. The van der Waals surface area contributed by atoms with Gasteiger partial charge >= 0.3 is 5.63 Å². The van der Waals surface area contributed by atoms with Crippen molar-refractivity contribution in [2.45, 2.75) is 26.4 Å². The lowest BCUT2D eigenvalue weighted by Crippen LogP contribution is -2.23. The summed E-state index contributed by atoms with van der Waals surface area (Å²) in [6.45, 7) is 3.64. The molecule has 0 saturated heterocycles. The summed E-state index contributed by atoms with van der Waals surface area (Å²) in [6.07, 6.45) is -0.138. The maximum atomic E-state index is 12.6. The second-order valence-electron chi connectivity index (χ2n) is 7.30. The second kappa shape index (κ2) is 8.37. The van der Waals surface area contributed by atoms with Gasteiger partial charge in [0.2, 0.25) is 5.78 Å². The minimum absolute atomic E-state index is 0.105. The van der Waals surface area contributed by atoms with Crippen molar-refractivity contribution in [2.24, 2.45) is 0 Å². The standard InChI is InChI=1S/C26H22O4/c1-17-22-14-13-21(29-18(2)25(27)20-11-7-4-8-12-20)16-24(22)30-26(28)23(17)15-19-9-5-3-6-10-19/h3-14,16,18H,15H2,1-2H3. The van der Waals surface area contributed by atoms with Crippen LogP contribution in [0.3, 0.4) is 0 Å². The molecule has 1 aromatic heterocycles. The quantitative estimate of drug-likeness (QED) is 0.325. The smallest absolute Gasteiger partial charge is 0.340 e. The SMILES string of the molecule is Cc1c(Cc2ccccc2)c(=O)oc2cc(OC(C)C(=O)c3ccccc3)ccc12. The molecular weight excluding hydrogens is 376 g/mol. The zero-order valence-electron chi connectivity index (χ0n) is 16.9. The first-order valence-corrected chi connectivity index (χ1v) is 9.89. The molecule has 30 heavy (non-hydrogen) atoms. The van der Waals surface area contributed by atoms with Gasteiger partial charge in [0.15, 0.2) is 6.10 Å². The molecule has 0 spiro atoms. The normalized spacial score (nSPS) is 11.9. The molecule has 0 radical (unpaired) electrons. The molecule has 1 heterocycles. The van der Waals surface area contributed by atoms with Crippen molar-refractivity contribution in [2.75, 3.05) is 0 Å². The van der Waals surface area contributed by atoms with Crippen LogP contribution in [-0.2, 0) is 6.42 Å². The van der Waals surface area contributed by atoms with Crippen LogP contribution in [0.15, 0.2) is 88.1 Å². The highest BCUT2D eigenvalue weighted by atomic mass is 16.5. The van der Waals surface area contributed by atoms with Crippen LogP contribution in [0.1, 0.15) is 34.0 Å². The van der Waals surface area contributed by atoms with Gasteiger partial charge in [-0.05, 0) is 37.1 Å². The molecule has 4 nitrogen and oxygen atoms in total. The highest BCUT2D eigenvalue weighted by Gasteiger charge is 2.18. The van der Waals surface area contributed by atoms with Gasteiger partial charge in [0.05, 0.1) is 0 Å². The molecule has 0 aliphatic heterocycles. The number of fused-ring (bicyclic) bond motifs is 1. The average molecular weight is 398 g/mol. The maximum Gasteiger partial charge on any atom is 0.340 e. The summed E-state index contributed by atoms with van der Waals surface area (Å²) in [7, 11) is 0. The van der Waals surface area contributed by atoms with Crippen LogP contribution in [0, 0.1) is 6.92 Å². The largest absolute Gasteiger partial charge is 0.482 e. The van der Waals surface area contributed by atoms with Crippen LogP contribution in [0.25, 0.3) is 11.0 Å². The summed E-state index contributed by atoms with van der Waals surface area (Å²) in [5.74, 6) is 0.379. The Morgan fingerprint density at radius 3 is 2.33 bits per heavy atom. The van der Waals surface area contributed by atoms with Crippen molar-refractivity contribution in [1.82, 2.24) is 0 Å². The Kier molecular flexibility index (Phi) is 5.48. The van der Waals surface area contributed by atoms with E-state index in [-0.39, 0.29) is 11.4 Å². The molecular formula is C26H22O4. The van der Waals surface area contributed by atoms with Crippen LogP contribution < -0.4 is 10.4 Å². The van der Waals surface area contributed by atoms with Crippen LogP contribution in [0.5, 0.6) is 5.75 Å². The Labute approximate surface area is 174 Å². The Hall–Kier alpha value is -3.66. The second-order valence-corrected chi connectivity index (χ2v) is 7.30. The van der Waals surface area contributed by atoms with Crippen LogP contribution in [0.4, 0.5) is 0 Å². The molecule has 0 N–H and O–H groups in total. The van der Waals surface area contributed by atoms with Crippen molar-refractivity contribution in [1.29, 1.82) is 0 Å². The van der Waals surface area contributed by atoms with E-state index in [4.69, 9.17) is 9.15 Å². The highest BCUT2D eigenvalue weighted by Crippen LogP contribution is 2.26. The van der Waals surface area contributed by atoms with Crippen molar-refractivity contribution >= 4 is 16.8 Å². The molecule has 150 valence electrons. The zero-order chi connectivity index (χ0) is 21.1. The molecule has 1 atom stereocenters. The Morgan fingerprint density at radius 2 is 1.63 bits per heavy atom. The van der Waals surface area contributed by atoms with Crippen LogP contribution in [-0.4, -0.2) is 11.9 Å². The topological polar surface area (TPSA) is 56.5 Å². The molecule has 4 aromatic rings. The van der Waals surface area contributed by atoms with Gasteiger partial charge in [0.1, 0.15) is 11.3 Å². The first kappa shape index (κ1) is 19.6. The molecule has 0 amide bonds. The predicted octanol–water partition coefficient (Wildman–Crippen LogP) is 5.34. The van der Waals surface area contributed by atoms with E-state index < -0.39 is 6.10 Å². The number of hydrogen-bond donors (Lipinski definition) is 0. The predicted molar refractivity (Wildman–Crippen MR) is 117 cm³/mol. The average Bonchev–Trinajstić information content (AvgIpc) is 2.77. The van der Waals surface area contributed by atoms with E-state index in [2.05, 4.69) is 0 Å². The van der Waals surface area contributed by atoms with Gasteiger partial charge in [-0.25, -0.2) is 4.79 Å². The minimum Gasteiger partial charge on any atom is -0.482 e. The summed E-state index contributed by atoms with van der Waals surface area (Å²) in [5.41, 5.74) is 3.29. The van der Waals surface area contributed by atoms with E-state index in [1.165, 1.54) is 0 Å². The third-order valence-electron chi connectivity index (χ3n) is 5.22. The van der Waals surface area contributed by atoms with Crippen LogP contribution >= 0.6 is 0 Å². The summed E-state index contributed by atoms with van der Waals surface area (Å²) >= 11 is 0. The monoisotopic (exact) mass is 398 g/mol. The maximum absolute atomic E-state index is 12.6. The molecule has 4 heteroatoms. The number of carbonyl (C=O) groups excluding carboxylic acids is 1. The summed E-state index contributed by atoms with van der Waals surface area (Å²) < 4.78 is 11.4. The van der Waals surface area contributed by atoms with Gasteiger partial charge in [0.25, 0.3) is 0 Å². The van der Waals surface area contributed by atoms with E-state index in [0.29, 0.717) is 28.9 Å². The number of ketones is 1. The summed E-state index contributed by atoms with van der Waals surface area (Å²) in [6, 6.07) is 24.2. The zero-order valence-corrected chi connectivity index (χ0v) is 16.9. The first-order chi connectivity index (χ1) is 14.5. The summed E-state index contributed by atoms with van der Waals surface area (Å²) in [4.78, 5) is 25.2. The van der Waals surface area contributed by atoms with E-state index >= 15 is 0 Å². The Bertz CT molecular complexity index is 1240. The lowest BCUT2D eigenvalue weighted by Gasteiger charge is -2.15. The van der Waals surface area contributed by atoms with Crippen LogP contribution in [0.2, 0.25) is 0 Å². The van der Waals surface area contributed by atoms with Gasteiger partial charge in [-0.2, -0.15) is 0 Å². The van der Waals surface area contributed by atoms with E-state index in [0.717, 1.165) is 16.5 Å². The number of ether oxygens (including phenoxy) is 1. The summed E-state index contributed by atoms with van der Waals surface area (Å²) in [5, 5.41) is 0.856. The van der Waals surface area contributed by atoms with Gasteiger partial charge in [-0.1, -0.05) is 60.7 Å². The van der Waals surface area contributed by atoms with Crippen molar-refractivity contribution in [3.8, 4) is 5.75 Å². The number of Topliss-reactive ketones (excluding diaryl/α,β-unsaturated/α-hetero) is 1. The molecule has 0 bridgehead atoms. The Morgan fingerprint density at radius 1 is 0.967 bits per heavy atom. The number of hydrogen-bond acceptors (Lipinski definition) is 4. The van der Waals surface area contributed by atoms with E-state index in [9.17, 15) is 9.59 Å². The fourth-order valence-corrected chi connectivity index (χ4v) is 3.55. The highest BCUT2D eigenvalue weighted by molar-refractivity contribution is 5.99. The molecule has 0 fully saturated rings. The number of aryl methyl sites for hydroxylation is 1. The van der Waals surface area contributed by atoms with Gasteiger partial charge in [0, 0.05) is 29.0 Å². The van der Waals surface area contributed by atoms with Crippen molar-refractivity contribution in [3.63, 3.8) is 0 Å². The van der Waals surface area contributed by atoms with Crippen molar-refractivity contribution < 1.29 is 13.9 Å². The fourth-order valence-electron chi connectivity index (χ4n) is 3.55. The molecule has 4 rings (SSSR count). The van der Waals surface area contributed by atoms with Gasteiger partial charge in [-0.3, -0.25) is 4.79 Å². The molecule has 0 aliphatic carbocycles. The third kappa shape index (κ3) is 4.03. The number of rotatable bonds is 6. The fraction of sp³-hybridized carbons (Fsp3) is 0.154. The molecule has 0 saturated carbocycles. The number of carbonyl (C=O) groups is 1. The van der Waals surface area contributed by atoms with E-state index in [1.807, 2.05) is 61.5 Å². The lowest BCUT2D eigenvalue weighted by atomic mass is 9.99. The lowest BCUT2D eigenvalue weighted by molar-refractivity contribution is 0.0818. The third-order valence-corrected chi connectivity index (χ3v) is 5.22. The van der Waals surface area contributed by atoms with Gasteiger partial charge < -0.3 is 9.15 Å².